The minimum Gasteiger partial charge on any atom is -0.355 e. The third kappa shape index (κ3) is 2.68. The zero-order valence-corrected chi connectivity index (χ0v) is 12.5. The molecule has 2 aromatic carbocycles. The fraction of sp³-hybridized carbons (Fsp3) is 0.0588. The molecule has 0 atom stereocenters. The van der Waals surface area contributed by atoms with Crippen LogP contribution in [0.1, 0.15) is 16.8 Å². The van der Waals surface area contributed by atoms with Crippen molar-refractivity contribution < 1.29 is 4.39 Å². The first-order valence-corrected chi connectivity index (χ1v) is 7.14. The SMILES string of the molecule is Cc1ccc(/C=C/c2cc3cc(F)c(Br)cc3[nH]2)cc1. The molecule has 0 bridgehead atoms. The molecule has 0 saturated carbocycles. The van der Waals surface area contributed by atoms with E-state index in [9.17, 15) is 4.39 Å². The Morgan fingerprint density at radius 2 is 1.80 bits per heavy atom. The predicted molar refractivity (Wildman–Crippen MR) is 86.1 cm³/mol. The summed E-state index contributed by atoms with van der Waals surface area (Å²) in [5, 5.41) is 0.870. The van der Waals surface area contributed by atoms with Crippen molar-refractivity contribution >= 4 is 39.0 Å². The van der Waals surface area contributed by atoms with Gasteiger partial charge in [0.15, 0.2) is 0 Å². The van der Waals surface area contributed by atoms with Gasteiger partial charge in [0.05, 0.1) is 4.47 Å². The number of aromatic amines is 1. The third-order valence-corrected chi connectivity index (χ3v) is 3.82. The molecule has 1 nitrogen and oxygen atoms in total. The van der Waals surface area contributed by atoms with Crippen LogP contribution in [0.3, 0.4) is 0 Å². The molecule has 20 heavy (non-hydrogen) atoms. The molecule has 1 N–H and O–H groups in total. The monoisotopic (exact) mass is 329 g/mol. The van der Waals surface area contributed by atoms with E-state index in [1.807, 2.05) is 18.2 Å². The summed E-state index contributed by atoms with van der Waals surface area (Å²) in [6.07, 6.45) is 4.03. The molecule has 0 saturated heterocycles. The molecule has 0 spiro atoms. The second kappa shape index (κ2) is 5.25. The standard InChI is InChI=1S/C17H13BrFN/c1-11-2-4-12(5-3-11)6-7-14-8-13-9-16(19)15(18)10-17(13)20-14/h2-10,20H,1H3/b7-6+. The molecular formula is C17H13BrFN. The summed E-state index contributed by atoms with van der Waals surface area (Å²) in [6.45, 7) is 2.07. The highest BCUT2D eigenvalue weighted by molar-refractivity contribution is 9.10. The summed E-state index contributed by atoms with van der Waals surface area (Å²) in [5.74, 6) is -0.245. The molecule has 1 heterocycles. The summed E-state index contributed by atoms with van der Waals surface area (Å²) >= 11 is 3.20. The number of aryl methyl sites for hydroxylation is 1. The number of H-pyrrole nitrogens is 1. The van der Waals surface area contributed by atoms with Crippen LogP contribution in [0.15, 0.2) is 46.9 Å². The number of halogens is 2. The van der Waals surface area contributed by atoms with E-state index in [0.29, 0.717) is 4.47 Å². The van der Waals surface area contributed by atoms with Crippen molar-refractivity contribution in [2.24, 2.45) is 0 Å². The third-order valence-electron chi connectivity index (χ3n) is 3.22. The van der Waals surface area contributed by atoms with Crippen LogP contribution in [0.25, 0.3) is 23.1 Å². The van der Waals surface area contributed by atoms with Gasteiger partial charge >= 0.3 is 0 Å². The summed E-state index contributed by atoms with van der Waals surface area (Å²) in [5.41, 5.74) is 4.26. The Bertz CT molecular complexity index is 746. The Morgan fingerprint density at radius 1 is 1.05 bits per heavy atom. The molecule has 0 aliphatic carbocycles. The van der Waals surface area contributed by atoms with Gasteiger partial charge in [0, 0.05) is 16.6 Å². The minimum absolute atomic E-state index is 0.245. The molecular weight excluding hydrogens is 317 g/mol. The van der Waals surface area contributed by atoms with Gasteiger partial charge in [-0.3, -0.25) is 0 Å². The molecule has 0 amide bonds. The number of hydrogen-bond donors (Lipinski definition) is 1. The summed E-state index contributed by atoms with van der Waals surface area (Å²) in [6, 6.07) is 13.5. The molecule has 100 valence electrons. The average Bonchev–Trinajstić information content (AvgIpc) is 2.80. The quantitative estimate of drug-likeness (QED) is 0.634. The molecule has 0 unspecified atom stereocenters. The van der Waals surface area contributed by atoms with Gasteiger partial charge < -0.3 is 4.98 Å². The van der Waals surface area contributed by atoms with E-state index >= 15 is 0 Å². The highest BCUT2D eigenvalue weighted by Crippen LogP contribution is 2.24. The van der Waals surface area contributed by atoms with E-state index in [0.717, 1.165) is 22.2 Å². The fourth-order valence-corrected chi connectivity index (χ4v) is 2.45. The van der Waals surface area contributed by atoms with E-state index in [1.165, 1.54) is 11.6 Å². The summed E-state index contributed by atoms with van der Waals surface area (Å²) in [4.78, 5) is 3.26. The van der Waals surface area contributed by atoms with Crippen LogP contribution in [0.5, 0.6) is 0 Å². The Kier molecular flexibility index (Phi) is 3.45. The number of fused-ring (bicyclic) bond motifs is 1. The van der Waals surface area contributed by atoms with E-state index in [-0.39, 0.29) is 5.82 Å². The lowest BCUT2D eigenvalue weighted by molar-refractivity contribution is 0.623. The predicted octanol–water partition coefficient (Wildman–Crippen LogP) is 5.55. The number of rotatable bonds is 2. The van der Waals surface area contributed by atoms with Gasteiger partial charge in [-0.2, -0.15) is 0 Å². The largest absolute Gasteiger partial charge is 0.355 e. The first-order chi connectivity index (χ1) is 9.61. The Balaban J connectivity index is 1.92. The Hall–Kier alpha value is -1.87. The molecule has 0 aliphatic rings. The highest BCUT2D eigenvalue weighted by atomic mass is 79.9. The number of benzene rings is 2. The van der Waals surface area contributed by atoms with E-state index in [1.54, 1.807) is 6.07 Å². The smallest absolute Gasteiger partial charge is 0.138 e. The first kappa shape index (κ1) is 13.1. The molecule has 3 rings (SSSR count). The second-order valence-electron chi connectivity index (χ2n) is 4.82. The lowest BCUT2D eigenvalue weighted by Crippen LogP contribution is -1.76. The van der Waals surface area contributed by atoms with Gasteiger partial charge in [-0.1, -0.05) is 35.9 Å². The van der Waals surface area contributed by atoms with Gasteiger partial charge in [-0.05, 0) is 52.7 Å². The minimum atomic E-state index is -0.245. The van der Waals surface area contributed by atoms with Crippen LogP contribution in [0, 0.1) is 12.7 Å². The Labute approximate surface area is 125 Å². The molecule has 1 aromatic heterocycles. The Morgan fingerprint density at radius 3 is 2.55 bits per heavy atom. The number of hydrogen-bond acceptors (Lipinski definition) is 0. The lowest BCUT2D eigenvalue weighted by Gasteiger charge is -1.94. The molecule has 0 radical (unpaired) electrons. The van der Waals surface area contributed by atoms with Gasteiger partial charge in [-0.15, -0.1) is 0 Å². The van der Waals surface area contributed by atoms with Crippen LogP contribution < -0.4 is 0 Å². The van der Waals surface area contributed by atoms with E-state index in [4.69, 9.17) is 0 Å². The van der Waals surface area contributed by atoms with Gasteiger partial charge in [0.25, 0.3) is 0 Å². The van der Waals surface area contributed by atoms with E-state index in [2.05, 4.69) is 52.1 Å². The summed E-state index contributed by atoms with van der Waals surface area (Å²) < 4.78 is 13.9. The van der Waals surface area contributed by atoms with Gasteiger partial charge in [0.2, 0.25) is 0 Å². The van der Waals surface area contributed by atoms with Crippen LogP contribution >= 0.6 is 15.9 Å². The average molecular weight is 330 g/mol. The zero-order valence-electron chi connectivity index (χ0n) is 11.0. The maximum atomic E-state index is 13.5. The van der Waals surface area contributed by atoms with Crippen molar-refractivity contribution in [1.82, 2.24) is 4.98 Å². The second-order valence-corrected chi connectivity index (χ2v) is 5.68. The molecule has 0 aliphatic heterocycles. The maximum Gasteiger partial charge on any atom is 0.138 e. The van der Waals surface area contributed by atoms with Crippen molar-refractivity contribution in [2.45, 2.75) is 6.92 Å². The van der Waals surface area contributed by atoms with Crippen molar-refractivity contribution in [3.05, 3.63) is 69.6 Å². The fourth-order valence-electron chi connectivity index (χ4n) is 2.10. The normalized spacial score (nSPS) is 11.6. The van der Waals surface area contributed by atoms with Gasteiger partial charge in [-0.25, -0.2) is 4.39 Å². The van der Waals surface area contributed by atoms with Crippen LogP contribution in [0.4, 0.5) is 4.39 Å². The zero-order chi connectivity index (χ0) is 14.1. The van der Waals surface area contributed by atoms with E-state index < -0.39 is 0 Å². The molecule has 3 heteroatoms. The topological polar surface area (TPSA) is 15.8 Å². The molecule has 3 aromatic rings. The van der Waals surface area contributed by atoms with Crippen molar-refractivity contribution in [1.29, 1.82) is 0 Å². The van der Waals surface area contributed by atoms with Crippen LogP contribution in [-0.2, 0) is 0 Å². The lowest BCUT2D eigenvalue weighted by atomic mass is 10.1. The maximum absolute atomic E-state index is 13.5. The highest BCUT2D eigenvalue weighted by Gasteiger charge is 2.04. The number of nitrogens with one attached hydrogen (secondary N) is 1. The van der Waals surface area contributed by atoms with Crippen molar-refractivity contribution in [2.75, 3.05) is 0 Å². The number of aromatic nitrogens is 1. The van der Waals surface area contributed by atoms with Gasteiger partial charge in [0.1, 0.15) is 5.82 Å². The van der Waals surface area contributed by atoms with Crippen LogP contribution in [0.2, 0.25) is 0 Å². The van der Waals surface area contributed by atoms with Crippen LogP contribution in [-0.4, -0.2) is 4.98 Å². The first-order valence-electron chi connectivity index (χ1n) is 6.34. The van der Waals surface area contributed by atoms with Crippen molar-refractivity contribution in [3.8, 4) is 0 Å². The summed E-state index contributed by atoms with van der Waals surface area (Å²) in [7, 11) is 0. The molecule has 0 fully saturated rings. The van der Waals surface area contributed by atoms with Crippen molar-refractivity contribution in [3.63, 3.8) is 0 Å².